The van der Waals surface area contributed by atoms with Crippen LogP contribution in [0.2, 0.25) is 0 Å². The predicted molar refractivity (Wildman–Crippen MR) is 113 cm³/mol. The van der Waals surface area contributed by atoms with Gasteiger partial charge in [-0.25, -0.2) is 13.2 Å². The van der Waals surface area contributed by atoms with E-state index in [9.17, 15) is 18.0 Å². The second-order valence-corrected chi connectivity index (χ2v) is 8.46. The molecule has 0 aliphatic carbocycles. The van der Waals surface area contributed by atoms with Crippen LogP contribution in [0.3, 0.4) is 0 Å². The number of carbonyl (C=O) groups excluding carboxylic acids is 1. The molecule has 1 heterocycles. The zero-order valence-electron chi connectivity index (χ0n) is 16.5. The molecule has 0 atom stereocenters. The monoisotopic (exact) mass is 432 g/mol. The summed E-state index contributed by atoms with van der Waals surface area (Å²) in [6, 6.07) is 10.5. The maximum absolute atomic E-state index is 12.4. The van der Waals surface area contributed by atoms with E-state index in [1.807, 2.05) is 0 Å². The van der Waals surface area contributed by atoms with E-state index < -0.39 is 21.6 Å². The van der Waals surface area contributed by atoms with E-state index in [1.165, 1.54) is 24.6 Å². The molecule has 0 radical (unpaired) electrons. The van der Waals surface area contributed by atoms with Gasteiger partial charge in [0.1, 0.15) is 5.75 Å². The van der Waals surface area contributed by atoms with Crippen molar-refractivity contribution in [2.24, 2.45) is 0 Å². The molecule has 0 saturated carbocycles. The van der Waals surface area contributed by atoms with Gasteiger partial charge in [-0.15, -0.1) is 4.83 Å². The number of nitrogens with one attached hydrogen (secondary N) is 4. The number of unbranched alkanes of at least 4 members (excludes halogenated alkanes) is 3. The molecule has 0 aliphatic rings. The number of fused-ring (bicyclic) bond motifs is 1. The van der Waals surface area contributed by atoms with Crippen molar-refractivity contribution in [1.82, 2.24) is 20.2 Å². The van der Waals surface area contributed by atoms with Crippen LogP contribution in [0.5, 0.6) is 5.75 Å². The number of aromatic nitrogens is 2. The zero-order valence-corrected chi connectivity index (χ0v) is 17.3. The Hall–Kier alpha value is -3.11. The Bertz CT molecular complexity index is 1170. The van der Waals surface area contributed by atoms with Crippen LogP contribution in [-0.2, 0) is 10.0 Å². The maximum Gasteiger partial charge on any atom is 0.323 e. The lowest BCUT2D eigenvalue weighted by Gasteiger charge is -2.10. The number of hydrogen-bond donors (Lipinski definition) is 4. The lowest BCUT2D eigenvalue weighted by Crippen LogP contribution is -2.41. The molecule has 0 spiro atoms. The highest BCUT2D eigenvalue weighted by molar-refractivity contribution is 7.89. The second kappa shape index (κ2) is 9.59. The summed E-state index contributed by atoms with van der Waals surface area (Å²) in [7, 11) is -4.02. The largest absolute Gasteiger partial charge is 0.494 e. The molecule has 0 bridgehead atoms. The van der Waals surface area contributed by atoms with Gasteiger partial charge in [0.25, 0.3) is 15.9 Å². The Morgan fingerprint density at radius 3 is 2.47 bits per heavy atom. The molecule has 0 saturated heterocycles. The first kappa shape index (κ1) is 21.6. The van der Waals surface area contributed by atoms with Crippen LogP contribution in [-0.4, -0.2) is 30.9 Å². The number of H-pyrrole nitrogens is 2. The minimum Gasteiger partial charge on any atom is -0.494 e. The van der Waals surface area contributed by atoms with Crippen LogP contribution in [0.4, 0.5) is 0 Å². The SMILES string of the molecule is CCCCCCOc1ccc(C(=O)NNS(=O)(=O)c2ccc3[nH]c(=O)[nH]c3c2)cc1. The number of rotatable bonds is 10. The number of hydrogen-bond acceptors (Lipinski definition) is 5. The summed E-state index contributed by atoms with van der Waals surface area (Å²) in [4.78, 5) is 30.5. The van der Waals surface area contributed by atoms with E-state index in [2.05, 4.69) is 27.1 Å². The lowest BCUT2D eigenvalue weighted by atomic mass is 10.2. The number of aromatic amines is 2. The third-order valence-electron chi connectivity index (χ3n) is 4.48. The minimum absolute atomic E-state index is 0.0997. The highest BCUT2D eigenvalue weighted by atomic mass is 32.2. The molecule has 9 nitrogen and oxygen atoms in total. The van der Waals surface area contributed by atoms with Crippen LogP contribution in [0, 0.1) is 0 Å². The topological polar surface area (TPSA) is 133 Å². The highest BCUT2D eigenvalue weighted by Gasteiger charge is 2.17. The predicted octanol–water partition coefficient (Wildman–Crippen LogP) is 2.44. The quantitative estimate of drug-likeness (QED) is 0.288. The van der Waals surface area contributed by atoms with Gasteiger partial charge in [0, 0.05) is 5.56 Å². The standard InChI is InChI=1S/C20H24N4O5S/c1-2-3-4-5-12-29-15-8-6-14(7-9-15)19(25)23-24-30(27,28)16-10-11-17-18(13-16)22-20(26)21-17/h6-11,13,24H,2-5,12H2,1H3,(H,23,25)(H2,21,22,26). The van der Waals surface area contributed by atoms with Crippen LogP contribution in [0.1, 0.15) is 43.0 Å². The van der Waals surface area contributed by atoms with Crippen molar-refractivity contribution in [3.05, 3.63) is 58.5 Å². The number of carbonyl (C=O) groups is 1. The molecular weight excluding hydrogens is 408 g/mol. The second-order valence-electron chi connectivity index (χ2n) is 6.78. The third-order valence-corrected chi connectivity index (χ3v) is 5.73. The minimum atomic E-state index is -4.02. The Morgan fingerprint density at radius 2 is 1.73 bits per heavy atom. The van der Waals surface area contributed by atoms with Crippen LogP contribution in [0.15, 0.2) is 52.2 Å². The molecule has 4 N–H and O–H groups in total. The molecular formula is C20H24N4O5S. The van der Waals surface area contributed by atoms with Gasteiger partial charge >= 0.3 is 5.69 Å². The summed E-state index contributed by atoms with van der Waals surface area (Å²) in [5.74, 6) is 0.0432. The van der Waals surface area contributed by atoms with Gasteiger partial charge in [0.2, 0.25) is 0 Å². The summed E-state index contributed by atoms with van der Waals surface area (Å²) < 4.78 is 30.5. The van der Waals surface area contributed by atoms with Crippen LogP contribution < -0.4 is 20.7 Å². The molecule has 1 aromatic heterocycles. The Balaban J connectivity index is 1.56. The Labute approximate surface area is 173 Å². The van der Waals surface area contributed by atoms with Crippen molar-refractivity contribution in [3.63, 3.8) is 0 Å². The zero-order chi connectivity index (χ0) is 21.6. The van der Waals surface area contributed by atoms with Gasteiger partial charge in [-0.2, -0.15) is 0 Å². The van der Waals surface area contributed by atoms with E-state index in [0.29, 0.717) is 23.4 Å². The molecule has 1 amide bonds. The van der Waals surface area contributed by atoms with Gasteiger partial charge in [-0.05, 0) is 48.9 Å². The molecule has 3 aromatic rings. The van der Waals surface area contributed by atoms with Gasteiger partial charge in [-0.3, -0.25) is 10.2 Å². The molecule has 0 unspecified atom stereocenters. The molecule has 10 heteroatoms. The van der Waals surface area contributed by atoms with Gasteiger partial charge in [-0.1, -0.05) is 26.2 Å². The first-order chi connectivity index (χ1) is 14.4. The number of amides is 1. The molecule has 0 fully saturated rings. The summed E-state index contributed by atoms with van der Waals surface area (Å²) >= 11 is 0. The summed E-state index contributed by atoms with van der Waals surface area (Å²) in [5, 5.41) is 0. The average Bonchev–Trinajstić information content (AvgIpc) is 3.11. The van der Waals surface area contributed by atoms with E-state index >= 15 is 0 Å². The summed E-state index contributed by atoms with van der Waals surface area (Å²) in [6.07, 6.45) is 4.42. The average molecular weight is 433 g/mol. The van der Waals surface area contributed by atoms with E-state index in [-0.39, 0.29) is 10.5 Å². The summed E-state index contributed by atoms with van der Waals surface area (Å²) in [6.45, 7) is 2.76. The molecule has 0 aliphatic heterocycles. The van der Waals surface area contributed by atoms with E-state index in [0.717, 1.165) is 19.3 Å². The van der Waals surface area contributed by atoms with E-state index in [4.69, 9.17) is 4.74 Å². The Morgan fingerprint density at radius 1 is 1.00 bits per heavy atom. The maximum atomic E-state index is 12.4. The van der Waals surface area contributed by atoms with Crippen molar-refractivity contribution in [3.8, 4) is 5.75 Å². The van der Waals surface area contributed by atoms with Gasteiger partial charge in [0.15, 0.2) is 0 Å². The van der Waals surface area contributed by atoms with Gasteiger partial charge < -0.3 is 14.7 Å². The fourth-order valence-electron chi connectivity index (χ4n) is 2.84. The molecule has 30 heavy (non-hydrogen) atoms. The third kappa shape index (κ3) is 5.49. The number of hydrazine groups is 1. The number of benzene rings is 2. The van der Waals surface area contributed by atoms with Crippen molar-refractivity contribution >= 4 is 27.0 Å². The molecule has 2 aromatic carbocycles. The lowest BCUT2D eigenvalue weighted by molar-refractivity contribution is 0.0945. The number of imidazole rings is 1. The number of ether oxygens (including phenoxy) is 1. The first-order valence-electron chi connectivity index (χ1n) is 9.66. The smallest absolute Gasteiger partial charge is 0.323 e. The van der Waals surface area contributed by atoms with Crippen LogP contribution in [0.25, 0.3) is 11.0 Å². The summed E-state index contributed by atoms with van der Waals surface area (Å²) in [5.41, 5.74) is 2.85. The molecule has 160 valence electrons. The fourth-order valence-corrected chi connectivity index (χ4v) is 3.71. The van der Waals surface area contributed by atoms with Crippen molar-refractivity contribution in [1.29, 1.82) is 0 Å². The fraction of sp³-hybridized carbons (Fsp3) is 0.300. The van der Waals surface area contributed by atoms with Crippen LogP contribution >= 0.6 is 0 Å². The molecule has 3 rings (SSSR count). The Kier molecular flexibility index (Phi) is 6.91. The van der Waals surface area contributed by atoms with E-state index in [1.54, 1.807) is 24.3 Å². The highest BCUT2D eigenvalue weighted by Crippen LogP contribution is 2.15. The van der Waals surface area contributed by atoms with Crippen molar-refractivity contribution in [2.75, 3.05) is 6.61 Å². The van der Waals surface area contributed by atoms with Crippen molar-refractivity contribution in [2.45, 2.75) is 37.5 Å². The van der Waals surface area contributed by atoms with Gasteiger partial charge in [0.05, 0.1) is 22.5 Å². The normalized spacial score (nSPS) is 11.5. The first-order valence-corrected chi connectivity index (χ1v) is 11.1. The number of sulfonamides is 1. The van der Waals surface area contributed by atoms with Crippen molar-refractivity contribution < 1.29 is 17.9 Å².